The molecule has 114 valence electrons. The Morgan fingerprint density at radius 2 is 1.70 bits per heavy atom. The van der Waals surface area contributed by atoms with Crippen LogP contribution in [0.5, 0.6) is 0 Å². The first kappa shape index (κ1) is 17.2. The largest absolute Gasteiger partial charge is 0.310 e. The van der Waals surface area contributed by atoms with Gasteiger partial charge in [0, 0.05) is 6.04 Å². The summed E-state index contributed by atoms with van der Waals surface area (Å²) in [5, 5.41) is 3.18. The van der Waals surface area contributed by atoms with Crippen LogP contribution in [-0.2, 0) is 9.84 Å². The molecule has 1 N–H and O–H groups in total. The molecule has 20 heavy (non-hydrogen) atoms. The summed E-state index contributed by atoms with van der Waals surface area (Å²) in [7, 11) is -2.95. The lowest BCUT2D eigenvalue weighted by Crippen LogP contribution is -2.29. The normalized spacial score (nSPS) is 15.2. The van der Waals surface area contributed by atoms with E-state index >= 15 is 0 Å². The van der Waals surface area contributed by atoms with Crippen molar-refractivity contribution in [1.82, 2.24) is 5.32 Å². The van der Waals surface area contributed by atoms with E-state index in [-0.39, 0.29) is 23.0 Å². The first-order valence-corrected chi connectivity index (χ1v) is 9.10. The molecule has 0 fully saturated rings. The molecule has 3 nitrogen and oxygen atoms in total. The van der Waals surface area contributed by atoms with Crippen molar-refractivity contribution in [3.8, 4) is 0 Å². The fourth-order valence-corrected chi connectivity index (χ4v) is 3.45. The summed E-state index contributed by atoms with van der Waals surface area (Å²) in [6.07, 6.45) is 0.688. The molecule has 0 aliphatic heterocycles. The second-order valence-corrected chi connectivity index (χ2v) is 8.30. The predicted octanol–water partition coefficient (Wildman–Crippen LogP) is 3.19. The summed E-state index contributed by atoms with van der Waals surface area (Å²) < 4.78 is 23.9. The minimum Gasteiger partial charge on any atom is -0.310 e. The topological polar surface area (TPSA) is 46.2 Å². The van der Waals surface area contributed by atoms with E-state index in [0.29, 0.717) is 6.42 Å². The molecular weight excluding hydrogens is 270 g/mol. The van der Waals surface area contributed by atoms with Gasteiger partial charge >= 0.3 is 0 Å². The van der Waals surface area contributed by atoms with E-state index in [2.05, 4.69) is 31.3 Å². The van der Waals surface area contributed by atoms with Crippen molar-refractivity contribution in [1.29, 1.82) is 0 Å². The zero-order valence-electron chi connectivity index (χ0n) is 13.0. The predicted molar refractivity (Wildman–Crippen MR) is 85.6 cm³/mol. The van der Waals surface area contributed by atoms with Crippen LogP contribution in [0.1, 0.15) is 45.7 Å². The van der Waals surface area contributed by atoms with Crippen molar-refractivity contribution in [2.45, 2.75) is 45.4 Å². The van der Waals surface area contributed by atoms with Gasteiger partial charge in [-0.3, -0.25) is 0 Å². The number of sulfone groups is 1. The first-order valence-electron chi connectivity index (χ1n) is 7.38. The van der Waals surface area contributed by atoms with Crippen molar-refractivity contribution < 1.29 is 8.42 Å². The molecule has 1 aromatic rings. The first-order chi connectivity index (χ1) is 9.38. The molecule has 1 aromatic carbocycles. The van der Waals surface area contributed by atoms with E-state index in [9.17, 15) is 8.42 Å². The van der Waals surface area contributed by atoms with Crippen molar-refractivity contribution >= 4 is 9.84 Å². The molecule has 1 rings (SSSR count). The number of benzene rings is 1. The average molecular weight is 297 g/mol. The molecule has 0 saturated carbocycles. The van der Waals surface area contributed by atoms with Crippen LogP contribution in [0.2, 0.25) is 0 Å². The van der Waals surface area contributed by atoms with Gasteiger partial charge < -0.3 is 5.32 Å². The summed E-state index contributed by atoms with van der Waals surface area (Å²) >= 11 is 0. The summed E-state index contributed by atoms with van der Waals surface area (Å²) in [5.74, 6) is 0.548. The Morgan fingerprint density at radius 3 is 2.20 bits per heavy atom. The van der Waals surface area contributed by atoms with Gasteiger partial charge in [-0.2, -0.15) is 0 Å². The Morgan fingerprint density at radius 1 is 1.10 bits per heavy atom. The van der Waals surface area contributed by atoms with Crippen LogP contribution in [0.25, 0.3) is 0 Å². The minimum absolute atomic E-state index is 0.212. The number of hydrogen-bond acceptors (Lipinski definition) is 3. The van der Waals surface area contributed by atoms with Gasteiger partial charge in [-0.15, -0.1) is 0 Å². The monoisotopic (exact) mass is 297 g/mol. The molecule has 4 heteroatoms. The van der Waals surface area contributed by atoms with E-state index in [4.69, 9.17) is 0 Å². The Labute approximate surface area is 123 Å². The second kappa shape index (κ2) is 7.79. The molecular formula is C16H27NO2S. The highest BCUT2D eigenvalue weighted by atomic mass is 32.2. The van der Waals surface area contributed by atoms with Crippen LogP contribution in [0, 0.1) is 5.92 Å². The summed E-state index contributed by atoms with van der Waals surface area (Å²) in [4.78, 5) is 0. The molecule has 0 amide bonds. The molecule has 2 atom stereocenters. The number of nitrogens with one attached hydrogen (secondary N) is 1. The maximum absolute atomic E-state index is 11.9. The minimum atomic E-state index is -2.95. The van der Waals surface area contributed by atoms with E-state index in [1.807, 2.05) is 18.2 Å². The SMILES string of the molecule is CCNC(c1ccccc1)C(C)CCS(=O)(=O)C(C)C. The third-order valence-electron chi connectivity index (χ3n) is 3.73. The highest BCUT2D eigenvalue weighted by molar-refractivity contribution is 7.91. The molecule has 0 aliphatic carbocycles. The molecule has 0 saturated heterocycles. The van der Waals surface area contributed by atoms with Gasteiger partial charge in [0.15, 0.2) is 9.84 Å². The zero-order valence-corrected chi connectivity index (χ0v) is 13.8. The van der Waals surface area contributed by atoms with Crippen molar-refractivity contribution in [3.63, 3.8) is 0 Å². The van der Waals surface area contributed by atoms with Crippen LogP contribution in [0.4, 0.5) is 0 Å². The Balaban J connectivity index is 2.73. The van der Waals surface area contributed by atoms with Gasteiger partial charge in [-0.1, -0.05) is 44.2 Å². The summed E-state index contributed by atoms with van der Waals surface area (Å²) in [6.45, 7) is 8.57. The van der Waals surface area contributed by atoms with Gasteiger partial charge in [0.05, 0.1) is 11.0 Å². The van der Waals surface area contributed by atoms with Gasteiger partial charge in [0.2, 0.25) is 0 Å². The molecule has 0 radical (unpaired) electrons. The average Bonchev–Trinajstić information content (AvgIpc) is 2.43. The van der Waals surface area contributed by atoms with E-state index in [1.165, 1.54) is 5.56 Å². The maximum Gasteiger partial charge on any atom is 0.152 e. The van der Waals surface area contributed by atoms with Gasteiger partial charge in [-0.05, 0) is 38.3 Å². The third-order valence-corrected chi connectivity index (χ3v) is 5.97. The molecule has 0 aromatic heterocycles. The quantitative estimate of drug-likeness (QED) is 0.801. The van der Waals surface area contributed by atoms with Crippen LogP contribution in [0.3, 0.4) is 0 Å². The van der Waals surface area contributed by atoms with Crippen LogP contribution < -0.4 is 5.32 Å². The van der Waals surface area contributed by atoms with Crippen molar-refractivity contribution in [2.75, 3.05) is 12.3 Å². The van der Waals surface area contributed by atoms with Gasteiger partial charge in [0.1, 0.15) is 0 Å². The van der Waals surface area contributed by atoms with Crippen molar-refractivity contribution in [2.24, 2.45) is 5.92 Å². The standard InChI is InChI=1S/C16H27NO2S/c1-5-17-16(15-9-7-6-8-10-15)14(4)11-12-20(18,19)13(2)3/h6-10,13-14,16-17H,5,11-12H2,1-4H3. The summed E-state index contributed by atoms with van der Waals surface area (Å²) in [6, 6.07) is 10.5. The lowest BCUT2D eigenvalue weighted by atomic mass is 9.92. The van der Waals surface area contributed by atoms with Crippen LogP contribution in [-0.4, -0.2) is 26.0 Å². The lowest BCUT2D eigenvalue weighted by Gasteiger charge is -2.25. The molecule has 0 aliphatic rings. The van der Waals surface area contributed by atoms with E-state index < -0.39 is 9.84 Å². The third kappa shape index (κ3) is 4.91. The number of hydrogen-bond donors (Lipinski definition) is 1. The fraction of sp³-hybridized carbons (Fsp3) is 0.625. The number of rotatable bonds is 8. The van der Waals surface area contributed by atoms with E-state index in [1.54, 1.807) is 13.8 Å². The van der Waals surface area contributed by atoms with Gasteiger partial charge in [0.25, 0.3) is 0 Å². The zero-order chi connectivity index (χ0) is 15.2. The summed E-state index contributed by atoms with van der Waals surface area (Å²) in [5.41, 5.74) is 1.23. The Hall–Kier alpha value is -0.870. The van der Waals surface area contributed by atoms with E-state index in [0.717, 1.165) is 6.54 Å². The second-order valence-electron chi connectivity index (χ2n) is 5.63. The fourth-order valence-electron chi connectivity index (χ4n) is 2.28. The van der Waals surface area contributed by atoms with Crippen molar-refractivity contribution in [3.05, 3.63) is 35.9 Å². The molecule has 2 unspecified atom stereocenters. The highest BCUT2D eigenvalue weighted by Gasteiger charge is 2.22. The van der Waals surface area contributed by atoms with Crippen LogP contribution in [0.15, 0.2) is 30.3 Å². The van der Waals surface area contributed by atoms with Crippen LogP contribution >= 0.6 is 0 Å². The Kier molecular flexibility index (Phi) is 6.69. The van der Waals surface area contributed by atoms with Gasteiger partial charge in [-0.25, -0.2) is 8.42 Å². The smallest absolute Gasteiger partial charge is 0.152 e. The lowest BCUT2D eigenvalue weighted by molar-refractivity contribution is 0.383. The Bertz CT molecular complexity index is 482. The molecule has 0 spiro atoms. The molecule has 0 bridgehead atoms. The molecule has 0 heterocycles. The maximum atomic E-state index is 11.9. The highest BCUT2D eigenvalue weighted by Crippen LogP contribution is 2.25.